The van der Waals surface area contributed by atoms with Crippen LogP contribution in [-0.2, 0) is 0 Å². The highest BCUT2D eigenvalue weighted by Gasteiger charge is 2.08. The summed E-state index contributed by atoms with van der Waals surface area (Å²) in [7, 11) is 0. The number of hydrazine groups is 1. The van der Waals surface area contributed by atoms with E-state index < -0.39 is 0 Å². The van der Waals surface area contributed by atoms with Gasteiger partial charge in [0.05, 0.1) is 0 Å². The van der Waals surface area contributed by atoms with E-state index in [9.17, 15) is 0 Å². The van der Waals surface area contributed by atoms with Crippen molar-refractivity contribution in [2.75, 3.05) is 0 Å². The molecule has 0 spiro atoms. The Balaban J connectivity index is 2.65. The Kier molecular flexibility index (Phi) is 5.28. The van der Waals surface area contributed by atoms with Crippen molar-refractivity contribution < 1.29 is 0 Å². The summed E-state index contributed by atoms with van der Waals surface area (Å²) in [5.41, 5.74) is 5.28. The molecule has 0 heterocycles. The lowest BCUT2D eigenvalue weighted by molar-refractivity contribution is 0.515. The van der Waals surface area contributed by atoms with Crippen LogP contribution in [-0.4, -0.2) is 0 Å². The Hall–Kier alpha value is -0.390. The molecule has 82 valence electrons. The van der Waals surface area contributed by atoms with Crippen LogP contribution in [0.4, 0.5) is 0 Å². The van der Waals surface area contributed by atoms with Gasteiger partial charge >= 0.3 is 0 Å². The van der Waals surface area contributed by atoms with Crippen LogP contribution in [0.25, 0.3) is 0 Å². The van der Waals surface area contributed by atoms with Crippen LogP contribution < -0.4 is 11.3 Å². The molecule has 1 unspecified atom stereocenters. The smallest absolute Gasteiger partial charge is 0.0463 e. The lowest BCUT2D eigenvalue weighted by Gasteiger charge is -2.16. The van der Waals surface area contributed by atoms with Crippen molar-refractivity contribution in [3.8, 4) is 0 Å². The van der Waals surface area contributed by atoms with Gasteiger partial charge in [-0.2, -0.15) is 0 Å². The first-order valence-corrected chi connectivity index (χ1v) is 6.07. The van der Waals surface area contributed by atoms with Crippen molar-refractivity contribution in [2.24, 2.45) is 5.84 Å². The van der Waals surface area contributed by atoms with Crippen LogP contribution >= 0.6 is 22.6 Å². The van der Waals surface area contributed by atoms with Crippen molar-refractivity contribution >= 4 is 22.6 Å². The molecule has 0 saturated carbocycles. The van der Waals surface area contributed by atoms with E-state index >= 15 is 0 Å². The molecule has 0 aliphatic rings. The van der Waals surface area contributed by atoms with Gasteiger partial charge < -0.3 is 0 Å². The number of hydrogen-bond acceptors (Lipinski definition) is 2. The molecule has 0 aliphatic heterocycles. The normalized spacial score (nSPS) is 12.5. The molecule has 3 heteroatoms. The first-order chi connectivity index (χ1) is 7.13. The molecule has 1 rings (SSSR count). The summed E-state index contributed by atoms with van der Waals surface area (Å²) >= 11 is 2.30. The van der Waals surface area contributed by atoms with Crippen molar-refractivity contribution in [3.63, 3.8) is 0 Å². The quantitative estimate of drug-likeness (QED) is 0.379. The van der Waals surface area contributed by atoms with Crippen molar-refractivity contribution in [1.29, 1.82) is 0 Å². The standard InChI is InChI=1S/C12H17IN2/c1-9(2)3-8-12(15-14)10-4-6-11(13)7-5-10/h4-7,12,15H,1,3,8,14H2,2H3. The average molecular weight is 316 g/mol. The average Bonchev–Trinajstić information content (AvgIpc) is 2.21. The summed E-state index contributed by atoms with van der Waals surface area (Å²) in [4.78, 5) is 0. The molecule has 1 aromatic carbocycles. The Labute approximate surface area is 105 Å². The SMILES string of the molecule is C=C(C)CCC(NN)c1ccc(I)cc1. The van der Waals surface area contributed by atoms with Gasteiger partial charge in [0, 0.05) is 9.61 Å². The highest BCUT2D eigenvalue weighted by Crippen LogP contribution is 2.20. The molecule has 3 N–H and O–H groups in total. The Bertz CT molecular complexity index is 319. The molecular formula is C12H17IN2. The van der Waals surface area contributed by atoms with Gasteiger partial charge in [-0.15, -0.1) is 6.58 Å². The lowest BCUT2D eigenvalue weighted by atomic mass is 10.0. The zero-order valence-electron chi connectivity index (χ0n) is 8.96. The fraction of sp³-hybridized carbons (Fsp3) is 0.333. The van der Waals surface area contributed by atoms with E-state index in [0.29, 0.717) is 0 Å². The molecular weight excluding hydrogens is 299 g/mol. The van der Waals surface area contributed by atoms with Crippen LogP contribution in [0.15, 0.2) is 36.4 Å². The van der Waals surface area contributed by atoms with Gasteiger partial charge in [-0.1, -0.05) is 17.7 Å². The van der Waals surface area contributed by atoms with Gasteiger partial charge in [0.25, 0.3) is 0 Å². The van der Waals surface area contributed by atoms with Gasteiger partial charge in [-0.05, 0) is 60.1 Å². The fourth-order valence-electron chi connectivity index (χ4n) is 1.43. The van der Waals surface area contributed by atoms with Gasteiger partial charge in [0.1, 0.15) is 0 Å². The maximum atomic E-state index is 5.55. The molecule has 0 saturated heterocycles. The molecule has 0 bridgehead atoms. The monoisotopic (exact) mass is 316 g/mol. The van der Waals surface area contributed by atoms with E-state index in [-0.39, 0.29) is 6.04 Å². The number of hydrogen-bond donors (Lipinski definition) is 2. The van der Waals surface area contributed by atoms with E-state index in [1.165, 1.54) is 14.7 Å². The largest absolute Gasteiger partial charge is 0.271 e. The molecule has 0 amide bonds. The number of nitrogens with two attached hydrogens (primary N) is 1. The van der Waals surface area contributed by atoms with Crippen molar-refractivity contribution in [3.05, 3.63) is 45.6 Å². The third-order valence-electron chi connectivity index (χ3n) is 2.33. The number of rotatable bonds is 5. The minimum absolute atomic E-state index is 0.221. The van der Waals surface area contributed by atoms with Crippen LogP contribution in [0.5, 0.6) is 0 Å². The highest BCUT2D eigenvalue weighted by atomic mass is 127. The second-order valence-corrected chi connectivity index (χ2v) is 5.01. The zero-order chi connectivity index (χ0) is 11.3. The van der Waals surface area contributed by atoms with E-state index in [4.69, 9.17) is 5.84 Å². The third kappa shape index (κ3) is 4.32. The molecule has 15 heavy (non-hydrogen) atoms. The van der Waals surface area contributed by atoms with Gasteiger partial charge in [0.2, 0.25) is 0 Å². The summed E-state index contributed by atoms with van der Waals surface area (Å²) < 4.78 is 1.24. The summed E-state index contributed by atoms with van der Waals surface area (Å²) in [6.45, 7) is 5.94. The van der Waals surface area contributed by atoms with E-state index in [1.807, 2.05) is 6.92 Å². The second-order valence-electron chi connectivity index (χ2n) is 3.77. The van der Waals surface area contributed by atoms with Gasteiger partial charge in [-0.25, -0.2) is 0 Å². The number of benzene rings is 1. The minimum atomic E-state index is 0.221. The number of allylic oxidation sites excluding steroid dienone is 1. The van der Waals surface area contributed by atoms with Crippen LogP contribution in [0.3, 0.4) is 0 Å². The Morgan fingerprint density at radius 1 is 1.47 bits per heavy atom. The first-order valence-electron chi connectivity index (χ1n) is 4.99. The van der Waals surface area contributed by atoms with Gasteiger partial charge in [-0.3, -0.25) is 11.3 Å². The topological polar surface area (TPSA) is 38.0 Å². The number of halogens is 1. The molecule has 0 aromatic heterocycles. The Morgan fingerprint density at radius 2 is 2.07 bits per heavy atom. The van der Waals surface area contributed by atoms with Crippen LogP contribution in [0.2, 0.25) is 0 Å². The summed E-state index contributed by atoms with van der Waals surface area (Å²) in [5.74, 6) is 5.55. The summed E-state index contributed by atoms with van der Waals surface area (Å²) in [5, 5.41) is 0. The number of nitrogens with one attached hydrogen (secondary N) is 1. The van der Waals surface area contributed by atoms with Crippen molar-refractivity contribution in [2.45, 2.75) is 25.8 Å². The van der Waals surface area contributed by atoms with Crippen LogP contribution in [0, 0.1) is 3.57 Å². The molecule has 0 fully saturated rings. The summed E-state index contributed by atoms with van der Waals surface area (Å²) in [6, 6.07) is 8.65. The second kappa shape index (κ2) is 6.25. The Morgan fingerprint density at radius 3 is 2.53 bits per heavy atom. The highest BCUT2D eigenvalue weighted by molar-refractivity contribution is 14.1. The maximum Gasteiger partial charge on any atom is 0.0463 e. The predicted octanol–water partition coefficient (Wildman–Crippen LogP) is 3.15. The van der Waals surface area contributed by atoms with E-state index in [2.05, 4.69) is 58.9 Å². The zero-order valence-corrected chi connectivity index (χ0v) is 11.1. The molecule has 0 aliphatic carbocycles. The van der Waals surface area contributed by atoms with E-state index in [1.54, 1.807) is 0 Å². The van der Waals surface area contributed by atoms with Crippen LogP contribution in [0.1, 0.15) is 31.4 Å². The molecule has 2 nitrogen and oxygen atoms in total. The molecule has 1 atom stereocenters. The fourth-order valence-corrected chi connectivity index (χ4v) is 1.79. The van der Waals surface area contributed by atoms with E-state index in [0.717, 1.165) is 12.8 Å². The molecule has 0 radical (unpaired) electrons. The third-order valence-corrected chi connectivity index (χ3v) is 3.05. The maximum absolute atomic E-state index is 5.55. The lowest BCUT2D eigenvalue weighted by Crippen LogP contribution is -2.28. The van der Waals surface area contributed by atoms with Gasteiger partial charge in [0.15, 0.2) is 0 Å². The van der Waals surface area contributed by atoms with Crippen molar-refractivity contribution in [1.82, 2.24) is 5.43 Å². The summed E-state index contributed by atoms with van der Waals surface area (Å²) in [6.07, 6.45) is 1.99. The first kappa shape index (κ1) is 12.7. The predicted molar refractivity (Wildman–Crippen MR) is 73.3 cm³/mol. The molecule has 1 aromatic rings. The minimum Gasteiger partial charge on any atom is -0.271 e.